The molecule has 0 aliphatic carbocycles. The predicted molar refractivity (Wildman–Crippen MR) is 160 cm³/mol. The van der Waals surface area contributed by atoms with Gasteiger partial charge in [0.1, 0.15) is 11.5 Å². The Morgan fingerprint density at radius 2 is 1.48 bits per heavy atom. The standard InChI is InChI=1S/C34H26N2O3S/c1-2-36(25-13-7-4-8-14-25)40-26-18-19-29-32(22-26)38-31-20-17-24(35-23-11-5-3-6-12-23)21-30(31)34(29)28-16-10-9-15-27(28)33(37)39-34/h3-22,35H,2H2,1H3. The van der Waals surface area contributed by atoms with Gasteiger partial charge in [-0.15, -0.1) is 0 Å². The molecule has 2 heterocycles. The van der Waals surface area contributed by atoms with Gasteiger partial charge in [0.2, 0.25) is 0 Å². The van der Waals surface area contributed by atoms with Crippen LogP contribution in [-0.4, -0.2) is 12.5 Å². The third-order valence-electron chi connectivity index (χ3n) is 7.29. The number of esters is 1. The molecule has 2 aliphatic heterocycles. The summed E-state index contributed by atoms with van der Waals surface area (Å²) in [6.45, 7) is 2.97. The first-order chi connectivity index (χ1) is 19.7. The van der Waals surface area contributed by atoms with Crippen LogP contribution in [0.25, 0.3) is 0 Å². The molecular formula is C34H26N2O3S. The Kier molecular flexibility index (Phi) is 5.98. The Bertz CT molecular complexity index is 1720. The highest BCUT2D eigenvalue weighted by Gasteiger charge is 2.53. The van der Waals surface area contributed by atoms with Crippen LogP contribution < -0.4 is 14.4 Å². The minimum absolute atomic E-state index is 0.337. The second kappa shape index (κ2) is 9.81. The number of anilines is 3. The fourth-order valence-corrected chi connectivity index (χ4v) is 6.40. The van der Waals surface area contributed by atoms with Crippen LogP contribution in [0.3, 0.4) is 0 Å². The van der Waals surface area contributed by atoms with Gasteiger partial charge in [0.15, 0.2) is 5.60 Å². The minimum atomic E-state index is -1.11. The lowest BCUT2D eigenvalue weighted by Crippen LogP contribution is -2.33. The zero-order chi connectivity index (χ0) is 27.1. The molecule has 1 N–H and O–H groups in total. The highest BCUT2D eigenvalue weighted by atomic mass is 32.2. The molecule has 1 spiro atoms. The summed E-state index contributed by atoms with van der Waals surface area (Å²) in [7, 11) is 0. The van der Waals surface area contributed by atoms with Crippen LogP contribution in [0.5, 0.6) is 11.5 Å². The molecule has 5 aromatic rings. The average Bonchev–Trinajstić information content (AvgIpc) is 3.30. The zero-order valence-electron chi connectivity index (χ0n) is 21.8. The molecule has 0 aromatic heterocycles. The third kappa shape index (κ3) is 4.00. The highest BCUT2D eigenvalue weighted by molar-refractivity contribution is 8.00. The first-order valence-corrected chi connectivity index (χ1v) is 14.1. The maximum Gasteiger partial charge on any atom is 0.340 e. The molecule has 196 valence electrons. The van der Waals surface area contributed by atoms with E-state index in [0.29, 0.717) is 17.1 Å². The molecule has 0 radical (unpaired) electrons. The van der Waals surface area contributed by atoms with E-state index in [2.05, 4.69) is 34.7 Å². The third-order valence-corrected chi connectivity index (χ3v) is 8.45. The molecule has 40 heavy (non-hydrogen) atoms. The number of para-hydroxylation sites is 2. The van der Waals surface area contributed by atoms with Gasteiger partial charge >= 0.3 is 5.97 Å². The summed E-state index contributed by atoms with van der Waals surface area (Å²) in [5, 5.41) is 3.47. The van der Waals surface area contributed by atoms with Crippen molar-refractivity contribution in [2.75, 3.05) is 16.2 Å². The number of hydrogen-bond acceptors (Lipinski definition) is 6. The van der Waals surface area contributed by atoms with Gasteiger partial charge in [-0.1, -0.05) is 54.6 Å². The molecule has 0 saturated carbocycles. The van der Waals surface area contributed by atoms with Crippen LogP contribution in [0, 0.1) is 0 Å². The lowest BCUT2D eigenvalue weighted by molar-refractivity contribution is 0.0224. The van der Waals surface area contributed by atoms with Crippen LogP contribution in [0.2, 0.25) is 0 Å². The van der Waals surface area contributed by atoms with E-state index in [1.54, 1.807) is 11.9 Å². The second-order valence-corrected chi connectivity index (χ2v) is 10.8. The van der Waals surface area contributed by atoms with Gasteiger partial charge in [-0.25, -0.2) is 4.79 Å². The molecule has 1 atom stereocenters. The number of carbonyl (C=O) groups excluding carboxylic acids is 1. The van der Waals surface area contributed by atoms with Crippen LogP contribution in [0.15, 0.2) is 126 Å². The number of fused-ring (bicyclic) bond motifs is 6. The topological polar surface area (TPSA) is 50.8 Å². The van der Waals surface area contributed by atoms with Gasteiger partial charge in [0.25, 0.3) is 0 Å². The summed E-state index contributed by atoms with van der Waals surface area (Å²) in [5.41, 5.74) is 4.86. The second-order valence-electron chi connectivity index (χ2n) is 9.70. The maximum atomic E-state index is 13.3. The quantitative estimate of drug-likeness (QED) is 0.171. The molecule has 5 nitrogen and oxygen atoms in total. The van der Waals surface area contributed by atoms with Crippen molar-refractivity contribution in [1.29, 1.82) is 0 Å². The van der Waals surface area contributed by atoms with E-state index in [9.17, 15) is 4.79 Å². The van der Waals surface area contributed by atoms with E-state index < -0.39 is 5.60 Å². The molecule has 0 bridgehead atoms. The van der Waals surface area contributed by atoms with Gasteiger partial charge in [-0.3, -0.25) is 0 Å². The van der Waals surface area contributed by atoms with E-state index >= 15 is 0 Å². The summed E-state index contributed by atoms with van der Waals surface area (Å²) in [4.78, 5) is 14.3. The number of ether oxygens (including phenoxy) is 2. The molecule has 1 unspecified atom stereocenters. The molecule has 6 heteroatoms. The number of carbonyl (C=O) groups is 1. The SMILES string of the molecule is CCN(Sc1ccc2c(c1)Oc1ccc(Nc3ccccc3)cc1C21OC(=O)c2ccccc21)c1ccccc1. The zero-order valence-corrected chi connectivity index (χ0v) is 22.7. The molecule has 2 aliphatic rings. The summed E-state index contributed by atoms with van der Waals surface area (Å²) in [6.07, 6.45) is 0. The molecule has 0 fully saturated rings. The maximum absolute atomic E-state index is 13.3. The predicted octanol–water partition coefficient (Wildman–Crippen LogP) is 8.53. The van der Waals surface area contributed by atoms with Crippen LogP contribution >= 0.6 is 11.9 Å². The van der Waals surface area contributed by atoms with E-state index in [-0.39, 0.29) is 5.97 Å². The Labute approximate surface area is 237 Å². The Hall–Kier alpha value is -4.68. The number of nitrogens with one attached hydrogen (secondary N) is 1. The van der Waals surface area contributed by atoms with Crippen LogP contribution in [-0.2, 0) is 10.3 Å². The first-order valence-electron chi connectivity index (χ1n) is 13.3. The monoisotopic (exact) mass is 542 g/mol. The van der Waals surface area contributed by atoms with Crippen molar-refractivity contribution in [2.24, 2.45) is 0 Å². The van der Waals surface area contributed by atoms with Crippen molar-refractivity contribution < 1.29 is 14.3 Å². The largest absolute Gasteiger partial charge is 0.456 e. The van der Waals surface area contributed by atoms with Crippen molar-refractivity contribution in [3.8, 4) is 11.5 Å². The Morgan fingerprint density at radius 3 is 2.27 bits per heavy atom. The Balaban J connectivity index is 1.34. The molecular weight excluding hydrogens is 516 g/mol. The van der Waals surface area contributed by atoms with Crippen LogP contribution in [0.4, 0.5) is 17.1 Å². The van der Waals surface area contributed by atoms with Gasteiger partial charge < -0.3 is 19.1 Å². The summed E-state index contributed by atoms with van der Waals surface area (Å²) in [6, 6.07) is 40.1. The minimum Gasteiger partial charge on any atom is -0.456 e. The average molecular weight is 543 g/mol. The number of rotatable bonds is 6. The fraction of sp³-hybridized carbons (Fsp3) is 0.0882. The van der Waals surface area contributed by atoms with Gasteiger partial charge in [-0.05, 0) is 85.6 Å². The molecule has 0 amide bonds. The smallest absolute Gasteiger partial charge is 0.340 e. The molecule has 0 saturated heterocycles. The molecule has 7 rings (SSSR count). The van der Waals surface area contributed by atoms with Crippen LogP contribution in [0.1, 0.15) is 34.0 Å². The van der Waals surface area contributed by atoms with E-state index in [1.807, 2.05) is 103 Å². The fourth-order valence-electron chi connectivity index (χ4n) is 5.50. The van der Waals surface area contributed by atoms with E-state index in [0.717, 1.165) is 45.2 Å². The van der Waals surface area contributed by atoms with E-state index in [1.165, 1.54) is 0 Å². The van der Waals surface area contributed by atoms with Gasteiger partial charge in [0.05, 0.1) is 5.56 Å². The van der Waals surface area contributed by atoms with Crippen molar-refractivity contribution in [2.45, 2.75) is 17.4 Å². The number of benzene rings is 5. The van der Waals surface area contributed by atoms with Gasteiger partial charge in [-0.2, -0.15) is 0 Å². The van der Waals surface area contributed by atoms with E-state index in [4.69, 9.17) is 9.47 Å². The summed E-state index contributed by atoms with van der Waals surface area (Å²) in [5.74, 6) is 0.999. The molecule has 5 aromatic carbocycles. The first kappa shape index (κ1) is 24.4. The van der Waals surface area contributed by atoms with Crippen molar-refractivity contribution in [3.63, 3.8) is 0 Å². The van der Waals surface area contributed by atoms with Gasteiger partial charge in [0, 0.05) is 45.2 Å². The number of hydrogen-bond donors (Lipinski definition) is 1. The van der Waals surface area contributed by atoms with Crippen molar-refractivity contribution in [3.05, 3.63) is 144 Å². The lowest BCUT2D eigenvalue weighted by Gasteiger charge is -2.37. The Morgan fingerprint density at radius 1 is 0.725 bits per heavy atom. The number of nitrogens with zero attached hydrogens (tertiary/aromatic N) is 1. The van der Waals surface area contributed by atoms with Crippen molar-refractivity contribution >= 4 is 35.0 Å². The normalized spacial score (nSPS) is 16.4. The summed E-state index contributed by atoms with van der Waals surface area (Å²) < 4.78 is 15.1. The lowest BCUT2D eigenvalue weighted by atomic mass is 9.77. The highest BCUT2D eigenvalue weighted by Crippen LogP contribution is 2.57. The summed E-state index contributed by atoms with van der Waals surface area (Å²) >= 11 is 1.65. The van der Waals surface area contributed by atoms with Crippen molar-refractivity contribution in [1.82, 2.24) is 0 Å².